The largest absolute Gasteiger partial charge is 0.481 e. The third-order valence-corrected chi connectivity index (χ3v) is 7.89. The van der Waals surface area contributed by atoms with Gasteiger partial charge in [0.1, 0.15) is 4.90 Å². The summed E-state index contributed by atoms with van der Waals surface area (Å²) in [6.07, 6.45) is 2.15. The van der Waals surface area contributed by atoms with Crippen LogP contribution in [0, 0.1) is 5.92 Å². The van der Waals surface area contributed by atoms with Crippen LogP contribution in [-0.2, 0) is 33.2 Å². The molecule has 10 heteroatoms. The van der Waals surface area contributed by atoms with Crippen LogP contribution in [0.3, 0.4) is 0 Å². The van der Waals surface area contributed by atoms with Crippen molar-refractivity contribution in [1.29, 1.82) is 0 Å². The van der Waals surface area contributed by atoms with Gasteiger partial charge >= 0.3 is 5.97 Å². The van der Waals surface area contributed by atoms with Crippen LogP contribution in [0.4, 0.5) is 23.1 Å². The zero-order valence-corrected chi connectivity index (χ0v) is 20.5. The number of carbonyl (C=O) groups excluding carboxylic acids is 1. The average molecular weight is 506 g/mol. The van der Waals surface area contributed by atoms with Crippen LogP contribution in [0.15, 0.2) is 59.5 Å². The number of fused-ring (bicyclic) bond motifs is 1. The number of hydrogen-bond donors (Lipinski definition) is 3. The topological polar surface area (TPSA) is 125 Å². The molecule has 5 rings (SSSR count). The summed E-state index contributed by atoms with van der Waals surface area (Å²) in [7, 11) is -1.21. The summed E-state index contributed by atoms with van der Waals surface area (Å²) >= 11 is 0. The molecule has 36 heavy (non-hydrogen) atoms. The van der Waals surface area contributed by atoms with Crippen LogP contribution >= 0.6 is 0 Å². The Morgan fingerprint density at radius 1 is 1.06 bits per heavy atom. The van der Waals surface area contributed by atoms with Gasteiger partial charge in [-0.3, -0.25) is 13.8 Å². The van der Waals surface area contributed by atoms with Gasteiger partial charge in [0.2, 0.25) is 11.9 Å². The normalized spacial score (nSPS) is 18.9. The predicted octanol–water partition coefficient (Wildman–Crippen LogP) is 3.37. The van der Waals surface area contributed by atoms with E-state index < -0.39 is 16.8 Å². The minimum atomic E-state index is -1.21. The molecule has 2 aliphatic rings. The van der Waals surface area contributed by atoms with Gasteiger partial charge in [0.15, 0.2) is 5.82 Å². The number of aromatic nitrogens is 2. The van der Waals surface area contributed by atoms with Gasteiger partial charge in [-0.25, -0.2) is 4.98 Å². The summed E-state index contributed by atoms with van der Waals surface area (Å²) in [4.78, 5) is 35.9. The fourth-order valence-corrected chi connectivity index (χ4v) is 5.86. The van der Waals surface area contributed by atoms with E-state index in [-0.39, 0.29) is 18.2 Å². The van der Waals surface area contributed by atoms with Crippen molar-refractivity contribution >= 4 is 45.8 Å². The van der Waals surface area contributed by atoms with Gasteiger partial charge in [-0.2, -0.15) is 4.98 Å². The number of benzene rings is 2. The Kier molecular flexibility index (Phi) is 6.95. The smallest absolute Gasteiger partial charge is 0.307 e. The van der Waals surface area contributed by atoms with Crippen molar-refractivity contribution in [3.8, 4) is 0 Å². The molecule has 1 amide bonds. The predicted molar refractivity (Wildman–Crippen MR) is 138 cm³/mol. The van der Waals surface area contributed by atoms with E-state index in [2.05, 4.69) is 10.6 Å². The molecule has 1 aromatic heterocycles. The standard InChI is InChI=1S/C26H27N5O4S/c32-22(33)15-17-8-10-20(11-9-17)27-24-23-21(7-4-14-36(23)35)29-26(30-24)31-13-12-18(16-31)25(34)28-19-5-2-1-3-6-19/h1-3,5-6,8-11,18H,4,7,12-16H2,(H,28,34)(H,32,33)(H,27,29,30)/t18-,36-/m1/s1. The molecule has 0 unspecified atom stereocenters. The second kappa shape index (κ2) is 10.4. The van der Waals surface area contributed by atoms with E-state index in [0.29, 0.717) is 53.9 Å². The van der Waals surface area contributed by atoms with Crippen LogP contribution in [0.1, 0.15) is 24.1 Å². The molecule has 1 fully saturated rings. The first-order valence-electron chi connectivity index (χ1n) is 11.9. The molecule has 186 valence electrons. The van der Waals surface area contributed by atoms with Gasteiger partial charge in [0.25, 0.3) is 0 Å². The van der Waals surface area contributed by atoms with Crippen molar-refractivity contribution in [3.63, 3.8) is 0 Å². The molecular weight excluding hydrogens is 478 g/mol. The second-order valence-electron chi connectivity index (χ2n) is 8.98. The lowest BCUT2D eigenvalue weighted by Gasteiger charge is -2.23. The van der Waals surface area contributed by atoms with E-state index in [1.54, 1.807) is 24.3 Å². The van der Waals surface area contributed by atoms with Gasteiger partial charge in [-0.15, -0.1) is 0 Å². The lowest BCUT2D eigenvalue weighted by atomic mass is 10.1. The SMILES string of the molecule is O=C(O)Cc1ccc(Nc2nc(N3CC[C@@H](C(=O)Nc4ccccc4)C3)nc3c2[S@](=O)CCC3)cc1. The van der Waals surface area contributed by atoms with E-state index >= 15 is 0 Å². The summed E-state index contributed by atoms with van der Waals surface area (Å²) in [6, 6.07) is 16.5. The lowest BCUT2D eigenvalue weighted by Crippen LogP contribution is -2.29. The summed E-state index contributed by atoms with van der Waals surface area (Å²) < 4.78 is 12.9. The molecular formula is C26H27N5O4S. The fraction of sp³-hybridized carbons (Fsp3) is 0.308. The molecule has 9 nitrogen and oxygen atoms in total. The Hall–Kier alpha value is -3.79. The van der Waals surface area contributed by atoms with Gasteiger partial charge in [-0.05, 0) is 49.1 Å². The number of nitrogens with one attached hydrogen (secondary N) is 2. The highest BCUT2D eigenvalue weighted by molar-refractivity contribution is 7.85. The lowest BCUT2D eigenvalue weighted by molar-refractivity contribution is -0.136. The number of nitrogens with zero attached hydrogens (tertiary/aromatic N) is 3. The Morgan fingerprint density at radius 2 is 1.83 bits per heavy atom. The molecule has 0 bridgehead atoms. The second-order valence-corrected chi connectivity index (χ2v) is 10.5. The summed E-state index contributed by atoms with van der Waals surface area (Å²) in [5, 5.41) is 15.3. The number of para-hydroxylation sites is 1. The molecule has 0 radical (unpaired) electrons. The van der Waals surface area contributed by atoms with E-state index in [1.165, 1.54) is 0 Å². The highest BCUT2D eigenvalue weighted by Crippen LogP contribution is 2.32. The van der Waals surface area contributed by atoms with Crippen molar-refractivity contribution in [3.05, 3.63) is 65.9 Å². The quantitative estimate of drug-likeness (QED) is 0.447. The molecule has 2 aromatic carbocycles. The third-order valence-electron chi connectivity index (χ3n) is 6.35. The number of anilines is 4. The first kappa shape index (κ1) is 23.9. The fourth-order valence-electron chi connectivity index (χ4n) is 4.53. The van der Waals surface area contributed by atoms with Crippen LogP contribution in [0.2, 0.25) is 0 Å². The number of aryl methyl sites for hydroxylation is 1. The molecule has 2 atom stereocenters. The highest BCUT2D eigenvalue weighted by atomic mass is 32.2. The maximum atomic E-state index is 12.9. The summed E-state index contributed by atoms with van der Waals surface area (Å²) in [5.41, 5.74) is 2.96. The number of aliphatic carboxylic acids is 1. The Labute approximate surface area is 211 Å². The van der Waals surface area contributed by atoms with E-state index in [0.717, 1.165) is 23.5 Å². The maximum absolute atomic E-state index is 12.9. The molecule has 0 aliphatic carbocycles. The van der Waals surface area contributed by atoms with Gasteiger partial charge < -0.3 is 20.6 Å². The molecule has 3 aromatic rings. The van der Waals surface area contributed by atoms with E-state index in [1.807, 2.05) is 35.2 Å². The molecule has 0 spiro atoms. The highest BCUT2D eigenvalue weighted by Gasteiger charge is 2.32. The Morgan fingerprint density at radius 3 is 2.58 bits per heavy atom. The van der Waals surface area contributed by atoms with Crippen LogP contribution in [0.5, 0.6) is 0 Å². The van der Waals surface area contributed by atoms with Crippen molar-refractivity contribution in [2.24, 2.45) is 5.92 Å². The number of amides is 1. The number of carbonyl (C=O) groups is 2. The van der Waals surface area contributed by atoms with Crippen molar-refractivity contribution in [2.75, 3.05) is 34.4 Å². The third kappa shape index (κ3) is 5.38. The van der Waals surface area contributed by atoms with Gasteiger partial charge in [0.05, 0.1) is 28.8 Å². The number of hydrogen-bond acceptors (Lipinski definition) is 7. The number of carboxylic acid groups (broad SMARTS) is 1. The zero-order chi connectivity index (χ0) is 25.1. The van der Waals surface area contributed by atoms with E-state index in [9.17, 15) is 13.8 Å². The number of rotatable bonds is 7. The molecule has 3 N–H and O–H groups in total. The summed E-state index contributed by atoms with van der Waals surface area (Å²) in [5.74, 6) is 0.485. The minimum Gasteiger partial charge on any atom is -0.481 e. The molecule has 2 aliphatic heterocycles. The van der Waals surface area contributed by atoms with Gasteiger partial charge in [-0.1, -0.05) is 30.3 Å². The monoisotopic (exact) mass is 505 g/mol. The molecule has 0 saturated carbocycles. The Bertz CT molecular complexity index is 1300. The first-order chi connectivity index (χ1) is 17.5. The van der Waals surface area contributed by atoms with Crippen LogP contribution in [-0.4, -0.2) is 50.0 Å². The van der Waals surface area contributed by atoms with Crippen LogP contribution in [0.25, 0.3) is 0 Å². The van der Waals surface area contributed by atoms with Crippen molar-refractivity contribution in [1.82, 2.24) is 9.97 Å². The van der Waals surface area contributed by atoms with Crippen molar-refractivity contribution in [2.45, 2.75) is 30.6 Å². The molecule has 1 saturated heterocycles. The minimum absolute atomic E-state index is 0.0254. The zero-order valence-electron chi connectivity index (χ0n) is 19.6. The average Bonchev–Trinajstić information content (AvgIpc) is 3.36. The maximum Gasteiger partial charge on any atom is 0.307 e. The van der Waals surface area contributed by atoms with Gasteiger partial charge in [0, 0.05) is 30.2 Å². The summed E-state index contributed by atoms with van der Waals surface area (Å²) in [6.45, 7) is 1.15. The number of carboxylic acids is 1. The first-order valence-corrected chi connectivity index (χ1v) is 13.3. The Balaban J connectivity index is 1.36. The molecule has 3 heterocycles. The van der Waals surface area contributed by atoms with E-state index in [4.69, 9.17) is 15.1 Å². The van der Waals surface area contributed by atoms with Crippen molar-refractivity contribution < 1.29 is 18.9 Å². The van der Waals surface area contributed by atoms with Crippen LogP contribution < -0.4 is 15.5 Å².